The first kappa shape index (κ1) is 17.7. The smallest absolute Gasteiger partial charge is 0.321 e. The molecule has 5 nitrogen and oxygen atoms in total. The molecule has 1 N–H and O–H groups in total. The number of nitrogens with one attached hydrogen (secondary N) is 1. The van der Waals surface area contributed by atoms with E-state index in [9.17, 15) is 10.1 Å². The van der Waals surface area contributed by atoms with Gasteiger partial charge in [0, 0.05) is 17.2 Å². The van der Waals surface area contributed by atoms with Gasteiger partial charge >= 0.3 is 5.82 Å². The van der Waals surface area contributed by atoms with Gasteiger partial charge in [-0.1, -0.05) is 57.2 Å². The first-order valence-electron chi connectivity index (χ1n) is 8.42. The standard InChI is InChI=1S/C21H22N2O3/c1-21(2,3)16-9-5-15(6-10-16)20-18(13-19(22-20)23(24)25)14-7-11-17(26-4)12-8-14/h5-13,22H,1-4H3. The molecule has 0 fully saturated rings. The van der Waals surface area contributed by atoms with Gasteiger partial charge in [-0.2, -0.15) is 0 Å². The van der Waals surface area contributed by atoms with Gasteiger partial charge in [-0.15, -0.1) is 0 Å². The number of ether oxygens (including phenoxy) is 1. The number of aromatic amines is 1. The van der Waals surface area contributed by atoms with Crippen LogP contribution in [0.1, 0.15) is 26.3 Å². The van der Waals surface area contributed by atoms with Crippen molar-refractivity contribution in [3.63, 3.8) is 0 Å². The fourth-order valence-corrected chi connectivity index (χ4v) is 2.90. The molecule has 0 bridgehead atoms. The molecule has 0 saturated carbocycles. The zero-order valence-corrected chi connectivity index (χ0v) is 15.4. The van der Waals surface area contributed by atoms with Crippen LogP contribution in [-0.4, -0.2) is 17.0 Å². The maximum atomic E-state index is 11.3. The monoisotopic (exact) mass is 350 g/mol. The van der Waals surface area contributed by atoms with Gasteiger partial charge in [-0.25, -0.2) is 4.98 Å². The van der Waals surface area contributed by atoms with E-state index in [0.717, 1.165) is 28.1 Å². The molecule has 1 heterocycles. The highest BCUT2D eigenvalue weighted by molar-refractivity contribution is 5.83. The third kappa shape index (κ3) is 3.47. The van der Waals surface area contributed by atoms with Crippen LogP contribution in [0.25, 0.3) is 22.4 Å². The van der Waals surface area contributed by atoms with Gasteiger partial charge in [-0.3, -0.25) is 0 Å². The first-order chi connectivity index (χ1) is 12.3. The van der Waals surface area contributed by atoms with E-state index in [2.05, 4.69) is 37.9 Å². The van der Waals surface area contributed by atoms with Gasteiger partial charge in [0.1, 0.15) is 11.4 Å². The number of hydrogen-bond donors (Lipinski definition) is 1. The minimum absolute atomic E-state index is 0.0225. The molecule has 0 unspecified atom stereocenters. The van der Waals surface area contributed by atoms with E-state index in [4.69, 9.17) is 4.74 Å². The Morgan fingerprint density at radius 3 is 2.04 bits per heavy atom. The number of aromatic nitrogens is 1. The lowest BCUT2D eigenvalue weighted by molar-refractivity contribution is -0.389. The fourth-order valence-electron chi connectivity index (χ4n) is 2.90. The molecule has 0 aliphatic rings. The van der Waals surface area contributed by atoms with Crippen molar-refractivity contribution in [1.82, 2.24) is 4.98 Å². The summed E-state index contributed by atoms with van der Waals surface area (Å²) >= 11 is 0. The first-order valence-corrected chi connectivity index (χ1v) is 8.42. The van der Waals surface area contributed by atoms with Crippen LogP contribution in [0.3, 0.4) is 0 Å². The van der Waals surface area contributed by atoms with Crippen molar-refractivity contribution in [2.45, 2.75) is 26.2 Å². The van der Waals surface area contributed by atoms with Crippen molar-refractivity contribution in [2.24, 2.45) is 0 Å². The molecule has 0 aliphatic carbocycles. The maximum Gasteiger partial charge on any atom is 0.321 e. The molecule has 0 atom stereocenters. The fraction of sp³-hybridized carbons (Fsp3) is 0.238. The Morgan fingerprint density at radius 1 is 0.962 bits per heavy atom. The van der Waals surface area contributed by atoms with Crippen LogP contribution < -0.4 is 4.74 Å². The van der Waals surface area contributed by atoms with E-state index >= 15 is 0 Å². The van der Waals surface area contributed by atoms with Crippen molar-refractivity contribution in [3.05, 3.63) is 70.3 Å². The Morgan fingerprint density at radius 2 is 1.54 bits per heavy atom. The second-order valence-electron chi connectivity index (χ2n) is 7.26. The van der Waals surface area contributed by atoms with Crippen LogP contribution in [0.4, 0.5) is 5.82 Å². The summed E-state index contributed by atoms with van der Waals surface area (Å²) in [5, 5.41) is 11.3. The Kier molecular flexibility index (Phi) is 4.55. The lowest BCUT2D eigenvalue weighted by atomic mass is 9.86. The van der Waals surface area contributed by atoms with Crippen molar-refractivity contribution in [1.29, 1.82) is 0 Å². The van der Waals surface area contributed by atoms with E-state index < -0.39 is 4.92 Å². The van der Waals surface area contributed by atoms with Crippen molar-refractivity contribution >= 4 is 5.82 Å². The normalized spacial score (nSPS) is 11.4. The highest BCUT2D eigenvalue weighted by Crippen LogP contribution is 2.36. The van der Waals surface area contributed by atoms with E-state index in [1.165, 1.54) is 5.56 Å². The van der Waals surface area contributed by atoms with Crippen molar-refractivity contribution < 1.29 is 9.66 Å². The number of methoxy groups -OCH3 is 1. The Bertz CT molecular complexity index is 917. The summed E-state index contributed by atoms with van der Waals surface area (Å²) < 4.78 is 5.19. The van der Waals surface area contributed by atoms with Crippen LogP contribution in [0.2, 0.25) is 0 Å². The van der Waals surface area contributed by atoms with Crippen LogP contribution >= 0.6 is 0 Å². The van der Waals surface area contributed by atoms with E-state index in [-0.39, 0.29) is 11.2 Å². The molecular weight excluding hydrogens is 328 g/mol. The minimum atomic E-state index is -0.403. The number of nitrogens with zero attached hydrogens (tertiary/aromatic N) is 1. The number of hydrogen-bond acceptors (Lipinski definition) is 3. The molecular formula is C21H22N2O3. The predicted octanol–water partition coefficient (Wildman–Crippen LogP) is 5.56. The summed E-state index contributed by atoms with van der Waals surface area (Å²) in [5.74, 6) is 0.723. The molecule has 0 saturated heterocycles. The second kappa shape index (κ2) is 6.67. The summed E-state index contributed by atoms with van der Waals surface area (Å²) in [5.41, 5.74) is 4.61. The quantitative estimate of drug-likeness (QED) is 0.494. The van der Waals surface area contributed by atoms with Crippen LogP contribution in [0.5, 0.6) is 5.75 Å². The minimum Gasteiger partial charge on any atom is -0.497 e. The lowest BCUT2D eigenvalue weighted by Gasteiger charge is -2.19. The van der Waals surface area contributed by atoms with Gasteiger partial charge in [-0.05, 0) is 33.6 Å². The molecule has 0 amide bonds. The third-order valence-corrected chi connectivity index (χ3v) is 4.44. The molecule has 5 heteroatoms. The molecule has 0 aliphatic heterocycles. The van der Waals surface area contributed by atoms with Crippen LogP contribution in [0, 0.1) is 10.1 Å². The van der Waals surface area contributed by atoms with Gasteiger partial charge in [0.2, 0.25) is 0 Å². The summed E-state index contributed by atoms with van der Waals surface area (Å²) in [7, 11) is 1.61. The Balaban J connectivity index is 2.09. The van der Waals surface area contributed by atoms with E-state index in [1.807, 2.05) is 36.4 Å². The number of H-pyrrole nitrogens is 1. The lowest BCUT2D eigenvalue weighted by Crippen LogP contribution is -2.10. The molecule has 26 heavy (non-hydrogen) atoms. The van der Waals surface area contributed by atoms with Gasteiger partial charge < -0.3 is 14.9 Å². The molecule has 1 aromatic heterocycles. The highest BCUT2D eigenvalue weighted by Gasteiger charge is 2.20. The number of rotatable bonds is 4. The second-order valence-corrected chi connectivity index (χ2v) is 7.26. The zero-order chi connectivity index (χ0) is 18.9. The summed E-state index contributed by atoms with van der Waals surface area (Å²) in [6.45, 7) is 6.47. The average Bonchev–Trinajstić information content (AvgIpc) is 3.07. The SMILES string of the molecule is COc1ccc(-c2cc([N+](=O)[O-])[nH]c2-c2ccc(C(C)(C)C)cc2)cc1. The van der Waals surface area contributed by atoms with Crippen LogP contribution in [0.15, 0.2) is 54.6 Å². The third-order valence-electron chi connectivity index (χ3n) is 4.44. The number of benzene rings is 2. The van der Waals surface area contributed by atoms with E-state index in [0.29, 0.717) is 0 Å². The summed E-state index contributed by atoms with van der Waals surface area (Å²) in [6.07, 6.45) is 0. The molecule has 134 valence electrons. The average molecular weight is 350 g/mol. The number of nitro groups is 1. The predicted molar refractivity (Wildman–Crippen MR) is 104 cm³/mol. The van der Waals surface area contributed by atoms with Crippen molar-refractivity contribution in [3.8, 4) is 28.1 Å². The molecule has 3 aromatic rings. The Labute approximate surface area is 152 Å². The largest absolute Gasteiger partial charge is 0.497 e. The molecule has 2 aromatic carbocycles. The Hall–Kier alpha value is -3.08. The molecule has 0 radical (unpaired) electrons. The highest BCUT2D eigenvalue weighted by atomic mass is 16.6. The van der Waals surface area contributed by atoms with Gasteiger partial charge in [0.15, 0.2) is 0 Å². The summed E-state index contributed by atoms with van der Waals surface area (Å²) in [4.78, 5) is 13.8. The molecule has 3 rings (SSSR count). The van der Waals surface area contributed by atoms with Gasteiger partial charge in [0.25, 0.3) is 0 Å². The zero-order valence-electron chi connectivity index (χ0n) is 15.4. The van der Waals surface area contributed by atoms with Crippen molar-refractivity contribution in [2.75, 3.05) is 7.11 Å². The van der Waals surface area contributed by atoms with Gasteiger partial charge in [0.05, 0.1) is 7.11 Å². The topological polar surface area (TPSA) is 68.2 Å². The maximum absolute atomic E-state index is 11.3. The molecule has 0 spiro atoms. The van der Waals surface area contributed by atoms with E-state index in [1.54, 1.807) is 13.2 Å². The summed E-state index contributed by atoms with van der Waals surface area (Å²) in [6, 6.07) is 17.2. The van der Waals surface area contributed by atoms with Crippen LogP contribution in [-0.2, 0) is 5.41 Å².